The van der Waals surface area contributed by atoms with Crippen LogP contribution in [0.1, 0.15) is 51.3 Å². The summed E-state index contributed by atoms with van der Waals surface area (Å²) in [5, 5.41) is 6.87. The topological polar surface area (TPSA) is 65.7 Å². The van der Waals surface area contributed by atoms with E-state index in [0.29, 0.717) is 24.5 Å². The van der Waals surface area contributed by atoms with Crippen molar-refractivity contribution < 1.29 is 4.42 Å². The lowest BCUT2D eigenvalue weighted by molar-refractivity contribution is 0.258. The fourth-order valence-electron chi connectivity index (χ4n) is 3.53. The van der Waals surface area contributed by atoms with Crippen LogP contribution in [0.5, 0.6) is 0 Å². The molecular formula is C22H33N5O. The van der Waals surface area contributed by atoms with Crippen LogP contribution >= 0.6 is 0 Å². The Bertz CT molecular complexity index is 778. The normalized spacial score (nSPS) is 21.1. The Labute approximate surface area is 168 Å². The number of benzene rings is 1. The van der Waals surface area contributed by atoms with Crippen molar-refractivity contribution in [1.29, 1.82) is 0 Å². The van der Waals surface area contributed by atoms with Crippen molar-refractivity contribution in [2.75, 3.05) is 13.6 Å². The summed E-state index contributed by atoms with van der Waals surface area (Å²) in [6, 6.07) is 11.6. The Morgan fingerprint density at radius 2 is 2.04 bits per heavy atom. The van der Waals surface area contributed by atoms with Crippen molar-refractivity contribution >= 4 is 5.96 Å². The van der Waals surface area contributed by atoms with Gasteiger partial charge in [0.25, 0.3) is 0 Å². The summed E-state index contributed by atoms with van der Waals surface area (Å²) in [6.07, 6.45) is 2.91. The van der Waals surface area contributed by atoms with E-state index in [9.17, 15) is 0 Å². The van der Waals surface area contributed by atoms with E-state index >= 15 is 0 Å². The summed E-state index contributed by atoms with van der Waals surface area (Å²) in [5.41, 5.74) is 1.32. The predicted octanol–water partition coefficient (Wildman–Crippen LogP) is 3.30. The molecule has 152 valence electrons. The number of rotatable bonds is 5. The first-order valence-corrected chi connectivity index (χ1v) is 10.1. The first-order valence-electron chi connectivity index (χ1n) is 10.1. The average molecular weight is 384 g/mol. The van der Waals surface area contributed by atoms with Crippen LogP contribution in [0.3, 0.4) is 0 Å². The van der Waals surface area contributed by atoms with Gasteiger partial charge in [0.1, 0.15) is 5.76 Å². The van der Waals surface area contributed by atoms with Gasteiger partial charge in [0.05, 0.1) is 12.7 Å². The molecule has 2 N–H and O–H groups in total. The van der Waals surface area contributed by atoms with Gasteiger partial charge in [-0.05, 0) is 18.9 Å². The molecule has 2 atom stereocenters. The third-order valence-corrected chi connectivity index (χ3v) is 5.20. The maximum Gasteiger partial charge on any atom is 0.213 e. The Morgan fingerprint density at radius 3 is 2.68 bits per heavy atom. The molecule has 2 aromatic rings. The lowest BCUT2D eigenvalue weighted by Gasteiger charge is -2.21. The molecule has 1 aliphatic heterocycles. The Morgan fingerprint density at radius 1 is 1.29 bits per heavy atom. The van der Waals surface area contributed by atoms with Gasteiger partial charge in [-0.15, -0.1) is 0 Å². The van der Waals surface area contributed by atoms with Crippen LogP contribution in [0.15, 0.2) is 45.9 Å². The molecule has 28 heavy (non-hydrogen) atoms. The fourth-order valence-corrected chi connectivity index (χ4v) is 3.53. The molecule has 1 saturated heterocycles. The average Bonchev–Trinajstić information content (AvgIpc) is 3.26. The molecule has 0 aliphatic carbocycles. The maximum atomic E-state index is 5.85. The zero-order chi connectivity index (χ0) is 20.1. The van der Waals surface area contributed by atoms with Gasteiger partial charge in [-0.1, -0.05) is 51.1 Å². The number of hydrogen-bond donors (Lipinski definition) is 2. The van der Waals surface area contributed by atoms with Crippen molar-refractivity contribution in [3.8, 4) is 0 Å². The van der Waals surface area contributed by atoms with Crippen LogP contribution in [0.4, 0.5) is 0 Å². The summed E-state index contributed by atoms with van der Waals surface area (Å²) in [5.74, 6) is 2.36. The minimum absolute atomic E-state index is 0.0344. The third-order valence-electron chi connectivity index (χ3n) is 5.20. The van der Waals surface area contributed by atoms with E-state index in [1.165, 1.54) is 5.56 Å². The standard InChI is InChI=1S/C22H33N5O/c1-16-11-18(15-27(16)14-17-9-7-6-8-10-17)26-21(23-5)25-13-20-24-12-19(28-20)22(2,3)4/h6-10,12,16,18H,11,13-15H2,1-5H3,(H2,23,25,26). The molecule has 1 aromatic carbocycles. The molecule has 1 fully saturated rings. The maximum absolute atomic E-state index is 5.85. The molecule has 0 saturated carbocycles. The van der Waals surface area contributed by atoms with E-state index in [2.05, 4.69) is 83.5 Å². The van der Waals surface area contributed by atoms with Crippen LogP contribution in [0.2, 0.25) is 0 Å². The second-order valence-corrected chi connectivity index (χ2v) is 8.64. The van der Waals surface area contributed by atoms with E-state index in [-0.39, 0.29) is 5.41 Å². The molecule has 6 nitrogen and oxygen atoms in total. The molecular weight excluding hydrogens is 350 g/mol. The molecule has 0 amide bonds. The van der Waals surface area contributed by atoms with E-state index in [1.54, 1.807) is 7.05 Å². The smallest absolute Gasteiger partial charge is 0.213 e. The summed E-state index contributed by atoms with van der Waals surface area (Å²) >= 11 is 0. The molecule has 0 spiro atoms. The van der Waals surface area contributed by atoms with Gasteiger partial charge in [0.15, 0.2) is 5.96 Å². The molecule has 2 unspecified atom stereocenters. The van der Waals surface area contributed by atoms with E-state index in [4.69, 9.17) is 4.42 Å². The minimum Gasteiger partial charge on any atom is -0.443 e. The summed E-state index contributed by atoms with van der Waals surface area (Å²) < 4.78 is 5.85. The highest BCUT2D eigenvalue weighted by atomic mass is 16.4. The van der Waals surface area contributed by atoms with Crippen LogP contribution in [0, 0.1) is 0 Å². The molecule has 0 radical (unpaired) electrons. The van der Waals surface area contributed by atoms with Crippen molar-refractivity contribution in [2.24, 2.45) is 4.99 Å². The minimum atomic E-state index is -0.0344. The molecule has 2 heterocycles. The summed E-state index contributed by atoms with van der Waals surface area (Å²) in [4.78, 5) is 11.3. The monoisotopic (exact) mass is 383 g/mol. The number of aromatic nitrogens is 1. The van der Waals surface area contributed by atoms with Crippen LogP contribution in [0.25, 0.3) is 0 Å². The number of oxazole rings is 1. The second kappa shape index (κ2) is 8.78. The van der Waals surface area contributed by atoms with E-state index < -0.39 is 0 Å². The number of guanidine groups is 1. The second-order valence-electron chi connectivity index (χ2n) is 8.64. The largest absolute Gasteiger partial charge is 0.443 e. The van der Waals surface area contributed by atoms with Gasteiger partial charge in [0.2, 0.25) is 5.89 Å². The Balaban J connectivity index is 1.50. The van der Waals surface area contributed by atoms with E-state index in [1.807, 2.05) is 6.20 Å². The SMILES string of the molecule is CN=C(NCc1ncc(C(C)(C)C)o1)NC1CC(C)N(Cc2ccccc2)C1. The zero-order valence-corrected chi connectivity index (χ0v) is 17.7. The molecule has 6 heteroatoms. The first-order chi connectivity index (χ1) is 13.3. The highest BCUT2D eigenvalue weighted by Crippen LogP contribution is 2.23. The van der Waals surface area contributed by atoms with Gasteiger partial charge in [-0.3, -0.25) is 9.89 Å². The first kappa shape index (κ1) is 20.4. The number of likely N-dealkylation sites (tertiary alicyclic amines) is 1. The summed E-state index contributed by atoms with van der Waals surface area (Å²) in [7, 11) is 1.80. The molecule has 1 aromatic heterocycles. The quantitative estimate of drug-likeness (QED) is 0.613. The molecule has 1 aliphatic rings. The van der Waals surface area contributed by atoms with Crippen LogP contribution < -0.4 is 10.6 Å². The molecule has 3 rings (SSSR count). The Kier molecular flexibility index (Phi) is 6.39. The number of aliphatic imine (C=N–C) groups is 1. The number of hydrogen-bond acceptors (Lipinski definition) is 4. The van der Waals surface area contributed by atoms with Crippen LogP contribution in [-0.4, -0.2) is 41.5 Å². The van der Waals surface area contributed by atoms with Crippen molar-refractivity contribution in [3.05, 3.63) is 53.7 Å². The lowest BCUT2D eigenvalue weighted by Crippen LogP contribution is -2.44. The Hall–Kier alpha value is -2.34. The van der Waals surface area contributed by atoms with Crippen molar-refractivity contribution in [3.63, 3.8) is 0 Å². The molecule has 0 bridgehead atoms. The van der Waals surface area contributed by atoms with Crippen molar-refractivity contribution in [2.45, 2.75) is 64.7 Å². The predicted molar refractivity (Wildman–Crippen MR) is 113 cm³/mol. The van der Waals surface area contributed by atoms with Gasteiger partial charge < -0.3 is 15.1 Å². The van der Waals surface area contributed by atoms with Gasteiger partial charge >= 0.3 is 0 Å². The van der Waals surface area contributed by atoms with Gasteiger partial charge in [0, 0.05) is 37.6 Å². The van der Waals surface area contributed by atoms with E-state index in [0.717, 1.165) is 31.2 Å². The summed E-state index contributed by atoms with van der Waals surface area (Å²) in [6.45, 7) is 11.2. The van der Waals surface area contributed by atoms with Crippen molar-refractivity contribution in [1.82, 2.24) is 20.5 Å². The zero-order valence-electron chi connectivity index (χ0n) is 17.7. The number of nitrogens with zero attached hydrogens (tertiary/aromatic N) is 3. The van der Waals surface area contributed by atoms with Gasteiger partial charge in [-0.25, -0.2) is 4.98 Å². The third kappa shape index (κ3) is 5.35. The van der Waals surface area contributed by atoms with Gasteiger partial charge in [-0.2, -0.15) is 0 Å². The highest BCUT2D eigenvalue weighted by Gasteiger charge is 2.29. The van der Waals surface area contributed by atoms with Crippen LogP contribution in [-0.2, 0) is 18.5 Å². The number of nitrogens with one attached hydrogen (secondary N) is 2. The lowest BCUT2D eigenvalue weighted by atomic mass is 9.94. The highest BCUT2D eigenvalue weighted by molar-refractivity contribution is 5.79. The fraction of sp³-hybridized carbons (Fsp3) is 0.545.